The fourth-order valence-electron chi connectivity index (χ4n) is 1.94. The maximum atomic E-state index is 11.7. The number of carboxylic acid groups (broad SMARTS) is 1. The molecule has 0 fully saturated rings. The van der Waals surface area contributed by atoms with Gasteiger partial charge < -0.3 is 25.1 Å². The predicted octanol–water partition coefficient (Wildman–Crippen LogP) is 1.51. The Bertz CT molecular complexity index is 469. The molecule has 0 aromatic carbocycles. The van der Waals surface area contributed by atoms with Crippen LogP contribution in [0.2, 0.25) is 0 Å². The van der Waals surface area contributed by atoms with Gasteiger partial charge in [0.15, 0.2) is 0 Å². The summed E-state index contributed by atoms with van der Waals surface area (Å²) in [5.74, 6) is -0.861. The molecule has 1 heterocycles. The Kier molecular flexibility index (Phi) is 6.74. The standard InChI is InChI=1S/C14H23N3O4/c1-4-17(5-2)9-10(3)16-14(20)15-8-11-6-7-12(21-11)13(18)19/h6-7,10H,4-5,8-9H2,1-3H3,(H,18,19)(H2,15,16,20). The van der Waals surface area contributed by atoms with Gasteiger partial charge in [0.1, 0.15) is 5.76 Å². The first-order valence-electron chi connectivity index (χ1n) is 7.05. The normalized spacial score (nSPS) is 12.2. The highest BCUT2D eigenvalue weighted by Crippen LogP contribution is 2.07. The SMILES string of the molecule is CCN(CC)CC(C)NC(=O)NCc1ccc(C(=O)O)o1. The maximum Gasteiger partial charge on any atom is 0.371 e. The number of aromatic carboxylic acids is 1. The minimum absolute atomic E-state index is 0.0241. The summed E-state index contributed by atoms with van der Waals surface area (Å²) in [7, 11) is 0. The van der Waals surface area contributed by atoms with Crippen molar-refractivity contribution in [3.63, 3.8) is 0 Å². The number of urea groups is 1. The van der Waals surface area contributed by atoms with Crippen molar-refractivity contribution in [3.8, 4) is 0 Å². The Morgan fingerprint density at radius 2 is 2.00 bits per heavy atom. The third kappa shape index (κ3) is 5.86. The van der Waals surface area contributed by atoms with Gasteiger partial charge in [-0.1, -0.05) is 13.8 Å². The minimum atomic E-state index is -1.13. The highest BCUT2D eigenvalue weighted by molar-refractivity contribution is 5.84. The van der Waals surface area contributed by atoms with Gasteiger partial charge in [0.25, 0.3) is 0 Å². The van der Waals surface area contributed by atoms with Crippen LogP contribution in [0.5, 0.6) is 0 Å². The minimum Gasteiger partial charge on any atom is -0.475 e. The van der Waals surface area contributed by atoms with Gasteiger partial charge >= 0.3 is 12.0 Å². The molecule has 1 aromatic heterocycles. The zero-order chi connectivity index (χ0) is 15.8. The molecule has 0 aliphatic carbocycles. The smallest absolute Gasteiger partial charge is 0.371 e. The second kappa shape index (κ2) is 8.31. The Morgan fingerprint density at radius 3 is 2.52 bits per heavy atom. The molecule has 0 aliphatic heterocycles. The van der Waals surface area contributed by atoms with Gasteiger partial charge in [0.05, 0.1) is 6.54 Å². The number of likely N-dealkylation sites (N-methyl/N-ethyl adjacent to an activating group) is 1. The van der Waals surface area contributed by atoms with Crippen molar-refractivity contribution in [2.24, 2.45) is 0 Å². The lowest BCUT2D eigenvalue weighted by Gasteiger charge is -2.23. The van der Waals surface area contributed by atoms with Crippen molar-refractivity contribution in [1.82, 2.24) is 15.5 Å². The summed E-state index contributed by atoms with van der Waals surface area (Å²) >= 11 is 0. The lowest BCUT2D eigenvalue weighted by atomic mass is 10.3. The molecule has 118 valence electrons. The van der Waals surface area contributed by atoms with Crippen LogP contribution >= 0.6 is 0 Å². The van der Waals surface area contributed by atoms with Crippen LogP contribution in [-0.4, -0.2) is 47.7 Å². The fourth-order valence-corrected chi connectivity index (χ4v) is 1.94. The summed E-state index contributed by atoms with van der Waals surface area (Å²) < 4.78 is 5.05. The van der Waals surface area contributed by atoms with Crippen LogP contribution in [0.15, 0.2) is 16.5 Å². The highest BCUT2D eigenvalue weighted by atomic mass is 16.4. The van der Waals surface area contributed by atoms with E-state index in [9.17, 15) is 9.59 Å². The van der Waals surface area contributed by atoms with E-state index < -0.39 is 5.97 Å². The maximum absolute atomic E-state index is 11.7. The molecule has 0 aliphatic rings. The number of nitrogens with one attached hydrogen (secondary N) is 2. The van der Waals surface area contributed by atoms with E-state index >= 15 is 0 Å². The van der Waals surface area contributed by atoms with Crippen molar-refractivity contribution in [1.29, 1.82) is 0 Å². The lowest BCUT2D eigenvalue weighted by molar-refractivity contribution is 0.0660. The molecule has 0 saturated carbocycles. The molecule has 1 rings (SSSR count). The molecule has 0 bridgehead atoms. The van der Waals surface area contributed by atoms with E-state index in [1.54, 1.807) is 0 Å². The monoisotopic (exact) mass is 297 g/mol. The summed E-state index contributed by atoms with van der Waals surface area (Å²) in [6, 6.07) is 2.61. The van der Waals surface area contributed by atoms with Crippen molar-refractivity contribution in [2.45, 2.75) is 33.4 Å². The quantitative estimate of drug-likeness (QED) is 0.676. The van der Waals surface area contributed by atoms with Gasteiger partial charge in [-0.15, -0.1) is 0 Å². The van der Waals surface area contributed by atoms with Crippen LogP contribution in [0.4, 0.5) is 4.79 Å². The second-order valence-electron chi connectivity index (χ2n) is 4.79. The number of hydrogen-bond acceptors (Lipinski definition) is 4. The summed E-state index contributed by atoms with van der Waals surface area (Å²) in [6.07, 6.45) is 0. The van der Waals surface area contributed by atoms with E-state index in [1.165, 1.54) is 12.1 Å². The molecule has 7 nitrogen and oxygen atoms in total. The average Bonchev–Trinajstić information content (AvgIpc) is 2.91. The van der Waals surface area contributed by atoms with E-state index in [1.807, 2.05) is 6.92 Å². The number of carbonyl (C=O) groups is 2. The number of carboxylic acids is 1. The highest BCUT2D eigenvalue weighted by Gasteiger charge is 2.12. The van der Waals surface area contributed by atoms with E-state index in [4.69, 9.17) is 9.52 Å². The van der Waals surface area contributed by atoms with Crippen LogP contribution in [0.25, 0.3) is 0 Å². The number of rotatable bonds is 8. The van der Waals surface area contributed by atoms with Gasteiger partial charge in [0, 0.05) is 12.6 Å². The zero-order valence-electron chi connectivity index (χ0n) is 12.7. The largest absolute Gasteiger partial charge is 0.475 e. The van der Waals surface area contributed by atoms with Gasteiger partial charge in [-0.3, -0.25) is 0 Å². The molecule has 0 saturated heterocycles. The van der Waals surface area contributed by atoms with Gasteiger partial charge in [-0.05, 0) is 32.1 Å². The first-order chi connectivity index (χ1) is 9.96. The Labute approximate surface area is 124 Å². The van der Waals surface area contributed by atoms with Crippen LogP contribution in [0.3, 0.4) is 0 Å². The number of amides is 2. The van der Waals surface area contributed by atoms with Gasteiger partial charge in [0.2, 0.25) is 5.76 Å². The third-order valence-corrected chi connectivity index (χ3v) is 3.10. The number of nitrogens with zero attached hydrogens (tertiary/aromatic N) is 1. The predicted molar refractivity (Wildman–Crippen MR) is 78.3 cm³/mol. The summed E-state index contributed by atoms with van der Waals surface area (Å²) in [5.41, 5.74) is 0. The van der Waals surface area contributed by atoms with E-state index in [-0.39, 0.29) is 24.4 Å². The molecule has 1 atom stereocenters. The molecule has 0 spiro atoms. The third-order valence-electron chi connectivity index (χ3n) is 3.10. The molecular formula is C14H23N3O4. The second-order valence-corrected chi connectivity index (χ2v) is 4.79. The van der Waals surface area contributed by atoms with Gasteiger partial charge in [-0.25, -0.2) is 9.59 Å². The molecule has 1 aromatic rings. The fraction of sp³-hybridized carbons (Fsp3) is 0.571. The van der Waals surface area contributed by atoms with Crippen LogP contribution in [-0.2, 0) is 6.54 Å². The van der Waals surface area contributed by atoms with E-state index in [0.29, 0.717) is 5.76 Å². The summed E-state index contributed by atoms with van der Waals surface area (Å²) in [6.45, 7) is 8.90. The molecule has 7 heteroatoms. The number of carbonyl (C=O) groups excluding carboxylic acids is 1. The average molecular weight is 297 g/mol. The van der Waals surface area contributed by atoms with E-state index in [2.05, 4.69) is 29.4 Å². The summed E-state index contributed by atoms with van der Waals surface area (Å²) in [4.78, 5) is 24.6. The summed E-state index contributed by atoms with van der Waals surface area (Å²) in [5, 5.41) is 14.2. The lowest BCUT2D eigenvalue weighted by Crippen LogP contribution is -2.45. The van der Waals surface area contributed by atoms with Crippen molar-refractivity contribution >= 4 is 12.0 Å². The first-order valence-corrected chi connectivity index (χ1v) is 7.05. The molecular weight excluding hydrogens is 274 g/mol. The topological polar surface area (TPSA) is 94.8 Å². The van der Waals surface area contributed by atoms with Crippen molar-refractivity contribution < 1.29 is 19.1 Å². The number of hydrogen-bond donors (Lipinski definition) is 3. The molecule has 3 N–H and O–H groups in total. The molecule has 2 amide bonds. The Morgan fingerprint density at radius 1 is 1.33 bits per heavy atom. The Hall–Kier alpha value is -2.02. The molecule has 1 unspecified atom stereocenters. The molecule has 0 radical (unpaired) electrons. The van der Waals surface area contributed by atoms with Crippen molar-refractivity contribution in [2.75, 3.05) is 19.6 Å². The van der Waals surface area contributed by atoms with E-state index in [0.717, 1.165) is 19.6 Å². The van der Waals surface area contributed by atoms with Crippen LogP contribution in [0.1, 0.15) is 37.1 Å². The van der Waals surface area contributed by atoms with Crippen LogP contribution in [0, 0.1) is 0 Å². The molecule has 21 heavy (non-hydrogen) atoms. The zero-order valence-corrected chi connectivity index (χ0v) is 12.7. The van der Waals surface area contributed by atoms with Crippen LogP contribution < -0.4 is 10.6 Å². The van der Waals surface area contributed by atoms with Gasteiger partial charge in [-0.2, -0.15) is 0 Å². The Balaban J connectivity index is 2.34. The number of furan rings is 1. The van der Waals surface area contributed by atoms with Crippen molar-refractivity contribution in [3.05, 3.63) is 23.7 Å². The first kappa shape index (κ1) is 17.0.